The summed E-state index contributed by atoms with van der Waals surface area (Å²) in [6, 6.07) is 10.3. The number of para-hydroxylation sites is 1. The fourth-order valence-corrected chi connectivity index (χ4v) is 1.94. The smallest absolute Gasteiger partial charge is 0.321 e. The van der Waals surface area contributed by atoms with Crippen LogP contribution in [0.5, 0.6) is 5.75 Å². The second-order valence-corrected chi connectivity index (χ2v) is 5.09. The predicted molar refractivity (Wildman–Crippen MR) is 84.5 cm³/mol. The van der Waals surface area contributed by atoms with Crippen LogP contribution < -0.4 is 10.1 Å². The van der Waals surface area contributed by atoms with Crippen LogP contribution in [0.3, 0.4) is 0 Å². The van der Waals surface area contributed by atoms with Crippen LogP contribution in [-0.4, -0.2) is 31.1 Å². The first-order valence-electron chi connectivity index (χ1n) is 7.32. The molecule has 2 aromatic carbocycles. The Hall–Kier alpha value is -2.70. The molecule has 0 heterocycles. The van der Waals surface area contributed by atoms with Gasteiger partial charge in [0.2, 0.25) is 0 Å². The van der Waals surface area contributed by atoms with Crippen molar-refractivity contribution in [1.82, 2.24) is 4.90 Å². The van der Waals surface area contributed by atoms with Gasteiger partial charge in [-0.25, -0.2) is 18.0 Å². The second kappa shape index (κ2) is 8.24. The lowest BCUT2D eigenvalue weighted by molar-refractivity contribution is 0.216. The van der Waals surface area contributed by atoms with Gasteiger partial charge in [0.15, 0.2) is 17.5 Å². The lowest BCUT2D eigenvalue weighted by Crippen LogP contribution is -2.33. The van der Waals surface area contributed by atoms with Gasteiger partial charge in [-0.1, -0.05) is 18.2 Å². The fraction of sp³-hybridized carbons (Fsp3) is 0.235. The van der Waals surface area contributed by atoms with Crippen LogP contribution in [0.15, 0.2) is 42.5 Å². The number of ether oxygens (including phenoxy) is 1. The summed E-state index contributed by atoms with van der Waals surface area (Å²) >= 11 is 0. The molecular formula is C17H17F3N2O2. The Bertz CT molecular complexity index is 696. The van der Waals surface area contributed by atoms with Gasteiger partial charge >= 0.3 is 6.03 Å². The first kappa shape index (κ1) is 17.7. The molecule has 2 aromatic rings. The highest BCUT2D eigenvalue weighted by atomic mass is 19.2. The molecule has 0 aliphatic heterocycles. The van der Waals surface area contributed by atoms with Crippen LogP contribution in [0.1, 0.15) is 6.42 Å². The second-order valence-electron chi connectivity index (χ2n) is 5.09. The van der Waals surface area contributed by atoms with Gasteiger partial charge in [0, 0.05) is 13.6 Å². The third-order valence-corrected chi connectivity index (χ3v) is 3.27. The number of amides is 2. The maximum absolute atomic E-state index is 13.5. The summed E-state index contributed by atoms with van der Waals surface area (Å²) in [6.45, 7) is 0.755. The molecule has 0 atom stereocenters. The van der Waals surface area contributed by atoms with Gasteiger partial charge in [0.25, 0.3) is 0 Å². The van der Waals surface area contributed by atoms with Crippen molar-refractivity contribution in [2.75, 3.05) is 25.5 Å². The van der Waals surface area contributed by atoms with E-state index in [1.165, 1.54) is 11.9 Å². The molecule has 0 saturated carbocycles. The van der Waals surface area contributed by atoms with Crippen molar-refractivity contribution in [2.24, 2.45) is 0 Å². The van der Waals surface area contributed by atoms with E-state index in [4.69, 9.17) is 4.74 Å². The summed E-state index contributed by atoms with van der Waals surface area (Å²) in [7, 11) is 1.51. The molecule has 0 radical (unpaired) electrons. The van der Waals surface area contributed by atoms with E-state index in [1.807, 2.05) is 30.3 Å². The van der Waals surface area contributed by atoms with Gasteiger partial charge in [-0.2, -0.15) is 0 Å². The molecule has 128 valence electrons. The van der Waals surface area contributed by atoms with Crippen LogP contribution in [0.25, 0.3) is 0 Å². The summed E-state index contributed by atoms with van der Waals surface area (Å²) in [6.07, 6.45) is 0.555. The summed E-state index contributed by atoms with van der Waals surface area (Å²) in [5, 5.41) is 2.20. The molecule has 1 N–H and O–H groups in total. The maximum Gasteiger partial charge on any atom is 0.321 e. The summed E-state index contributed by atoms with van der Waals surface area (Å²) < 4.78 is 45.0. The zero-order chi connectivity index (χ0) is 17.5. The molecule has 0 unspecified atom stereocenters. The van der Waals surface area contributed by atoms with E-state index in [0.29, 0.717) is 19.6 Å². The number of benzene rings is 2. The zero-order valence-electron chi connectivity index (χ0n) is 13.1. The molecule has 0 saturated heterocycles. The van der Waals surface area contributed by atoms with Gasteiger partial charge in [-0.15, -0.1) is 0 Å². The molecule has 2 amide bonds. The van der Waals surface area contributed by atoms with Crippen molar-refractivity contribution < 1.29 is 22.7 Å². The molecule has 4 nitrogen and oxygen atoms in total. The van der Waals surface area contributed by atoms with Crippen LogP contribution in [0.2, 0.25) is 0 Å². The largest absolute Gasteiger partial charge is 0.494 e. The standard InChI is InChI=1S/C17H17F3N2O2/c1-22(10-5-11-24-12-6-3-2-4-7-12)17(23)21-14-9-8-13(18)15(19)16(14)20/h2-4,6-9H,5,10-11H2,1H3,(H,21,23). The first-order valence-corrected chi connectivity index (χ1v) is 7.32. The molecule has 0 aliphatic rings. The Morgan fingerprint density at radius 2 is 1.79 bits per heavy atom. The van der Waals surface area contributed by atoms with Crippen molar-refractivity contribution in [3.05, 3.63) is 59.9 Å². The number of carbonyl (C=O) groups excluding carboxylic acids is 1. The normalized spacial score (nSPS) is 10.3. The number of halogens is 3. The lowest BCUT2D eigenvalue weighted by Gasteiger charge is -2.18. The van der Waals surface area contributed by atoms with E-state index in [9.17, 15) is 18.0 Å². The van der Waals surface area contributed by atoms with Crippen molar-refractivity contribution in [1.29, 1.82) is 0 Å². The molecule has 0 aliphatic carbocycles. The van der Waals surface area contributed by atoms with Crippen LogP contribution in [0.4, 0.5) is 23.7 Å². The lowest BCUT2D eigenvalue weighted by atomic mass is 10.3. The molecule has 2 rings (SSSR count). The van der Waals surface area contributed by atoms with Gasteiger partial charge in [0.05, 0.1) is 12.3 Å². The number of nitrogens with zero attached hydrogens (tertiary/aromatic N) is 1. The van der Waals surface area contributed by atoms with E-state index < -0.39 is 29.2 Å². The molecule has 0 aromatic heterocycles. The third kappa shape index (κ3) is 4.65. The Morgan fingerprint density at radius 3 is 2.50 bits per heavy atom. The van der Waals surface area contributed by atoms with Crippen molar-refractivity contribution in [3.8, 4) is 5.75 Å². The summed E-state index contributed by atoms with van der Waals surface area (Å²) in [4.78, 5) is 13.2. The summed E-state index contributed by atoms with van der Waals surface area (Å²) in [5.41, 5.74) is -0.411. The van der Waals surface area contributed by atoms with Gasteiger partial charge in [-0.3, -0.25) is 0 Å². The fourth-order valence-electron chi connectivity index (χ4n) is 1.94. The van der Waals surface area contributed by atoms with Crippen LogP contribution in [0, 0.1) is 17.5 Å². The van der Waals surface area contributed by atoms with E-state index in [-0.39, 0.29) is 0 Å². The maximum atomic E-state index is 13.5. The van der Waals surface area contributed by atoms with Gasteiger partial charge < -0.3 is 15.0 Å². The highest BCUT2D eigenvalue weighted by molar-refractivity contribution is 5.89. The van der Waals surface area contributed by atoms with Crippen molar-refractivity contribution in [3.63, 3.8) is 0 Å². The number of hydrogen-bond donors (Lipinski definition) is 1. The zero-order valence-corrected chi connectivity index (χ0v) is 13.1. The number of urea groups is 1. The number of carbonyl (C=O) groups is 1. The van der Waals surface area contributed by atoms with Gasteiger partial charge in [-0.05, 0) is 30.7 Å². The average molecular weight is 338 g/mol. The van der Waals surface area contributed by atoms with E-state index >= 15 is 0 Å². The monoisotopic (exact) mass is 338 g/mol. The van der Waals surface area contributed by atoms with Crippen LogP contribution in [-0.2, 0) is 0 Å². The Balaban J connectivity index is 1.79. The van der Waals surface area contributed by atoms with Gasteiger partial charge in [0.1, 0.15) is 5.75 Å². The van der Waals surface area contributed by atoms with Crippen molar-refractivity contribution >= 4 is 11.7 Å². The minimum Gasteiger partial charge on any atom is -0.494 e. The topological polar surface area (TPSA) is 41.6 Å². The number of hydrogen-bond acceptors (Lipinski definition) is 2. The van der Waals surface area contributed by atoms with E-state index in [0.717, 1.165) is 17.9 Å². The minimum absolute atomic E-state index is 0.351. The Morgan fingerprint density at radius 1 is 1.08 bits per heavy atom. The Labute approximate surface area is 137 Å². The third-order valence-electron chi connectivity index (χ3n) is 3.27. The highest BCUT2D eigenvalue weighted by Crippen LogP contribution is 2.19. The highest BCUT2D eigenvalue weighted by Gasteiger charge is 2.16. The number of rotatable bonds is 6. The van der Waals surface area contributed by atoms with E-state index in [2.05, 4.69) is 5.32 Å². The molecule has 0 bridgehead atoms. The SMILES string of the molecule is CN(CCCOc1ccccc1)C(=O)Nc1ccc(F)c(F)c1F. The number of nitrogens with one attached hydrogen (secondary N) is 1. The molecule has 7 heteroatoms. The predicted octanol–water partition coefficient (Wildman–Crippen LogP) is 4.04. The first-order chi connectivity index (χ1) is 11.5. The van der Waals surface area contributed by atoms with Crippen molar-refractivity contribution in [2.45, 2.75) is 6.42 Å². The number of anilines is 1. The summed E-state index contributed by atoms with van der Waals surface area (Å²) in [5.74, 6) is -3.62. The molecular weight excluding hydrogens is 321 g/mol. The Kier molecular flexibility index (Phi) is 6.06. The van der Waals surface area contributed by atoms with Crippen LogP contribution >= 0.6 is 0 Å². The quantitative estimate of drug-likeness (QED) is 0.638. The molecule has 0 fully saturated rings. The molecule has 0 spiro atoms. The minimum atomic E-state index is -1.62. The molecule has 24 heavy (non-hydrogen) atoms. The average Bonchev–Trinajstić information content (AvgIpc) is 2.60. The van der Waals surface area contributed by atoms with E-state index in [1.54, 1.807) is 0 Å².